The smallest absolute Gasteiger partial charge is 0.410 e. The van der Waals surface area contributed by atoms with Gasteiger partial charge in [0.05, 0.1) is 0 Å². The highest BCUT2D eigenvalue weighted by molar-refractivity contribution is 14.1. The van der Waals surface area contributed by atoms with Crippen LogP contribution in [0.4, 0.5) is 15.3 Å². The van der Waals surface area contributed by atoms with Crippen LogP contribution in [0.3, 0.4) is 0 Å². The molecule has 26 heavy (non-hydrogen) atoms. The van der Waals surface area contributed by atoms with Crippen molar-refractivity contribution < 1.29 is 14.3 Å². The molecule has 1 fully saturated rings. The van der Waals surface area contributed by atoms with Gasteiger partial charge in [-0.25, -0.2) is 9.59 Å². The number of hydrogen-bond donors (Lipinski definition) is 1. The Morgan fingerprint density at radius 1 is 1.38 bits per heavy atom. The number of benzene rings is 1. The third-order valence-electron chi connectivity index (χ3n) is 4.12. The predicted octanol–water partition coefficient (Wildman–Crippen LogP) is 4.40. The molecule has 1 aliphatic rings. The molecule has 1 heterocycles. The quantitative estimate of drug-likeness (QED) is 0.663. The lowest BCUT2D eigenvalue weighted by Crippen LogP contribution is -2.46. The Morgan fingerprint density at radius 3 is 2.77 bits per heavy atom. The van der Waals surface area contributed by atoms with Crippen molar-refractivity contribution in [1.82, 2.24) is 9.80 Å². The minimum atomic E-state index is -0.503. The van der Waals surface area contributed by atoms with Crippen molar-refractivity contribution in [2.75, 3.05) is 32.0 Å². The molecule has 1 aromatic rings. The van der Waals surface area contributed by atoms with E-state index in [0.29, 0.717) is 13.1 Å². The molecule has 0 saturated carbocycles. The van der Waals surface area contributed by atoms with Gasteiger partial charge in [-0.05, 0) is 80.3 Å². The van der Waals surface area contributed by atoms with Gasteiger partial charge < -0.3 is 19.9 Å². The fourth-order valence-electron chi connectivity index (χ4n) is 2.97. The summed E-state index contributed by atoms with van der Waals surface area (Å²) in [6, 6.07) is 7.65. The lowest BCUT2D eigenvalue weighted by molar-refractivity contribution is 0.0253. The van der Waals surface area contributed by atoms with Crippen LogP contribution in [0, 0.1) is 9.49 Å². The van der Waals surface area contributed by atoms with Crippen LogP contribution in [0.15, 0.2) is 24.3 Å². The molecule has 6 nitrogen and oxygen atoms in total. The largest absolute Gasteiger partial charge is 0.444 e. The zero-order chi connectivity index (χ0) is 19.3. The van der Waals surface area contributed by atoms with E-state index in [4.69, 9.17) is 4.74 Å². The number of likely N-dealkylation sites (tertiary alicyclic amines) is 1. The van der Waals surface area contributed by atoms with Crippen LogP contribution in [-0.4, -0.2) is 54.2 Å². The number of urea groups is 1. The maximum absolute atomic E-state index is 12.5. The van der Waals surface area contributed by atoms with E-state index in [1.54, 1.807) is 11.9 Å². The van der Waals surface area contributed by atoms with E-state index in [1.807, 2.05) is 49.9 Å². The van der Waals surface area contributed by atoms with Crippen LogP contribution in [0.25, 0.3) is 0 Å². The molecule has 1 aliphatic heterocycles. The molecular formula is C19H28IN3O3. The van der Waals surface area contributed by atoms with E-state index in [-0.39, 0.29) is 18.0 Å². The molecule has 1 aromatic carbocycles. The summed E-state index contributed by atoms with van der Waals surface area (Å²) in [5, 5.41) is 2.96. The van der Waals surface area contributed by atoms with Gasteiger partial charge in [0, 0.05) is 35.9 Å². The SMILES string of the molecule is CN(CC1CCCN(C(=O)Nc2cccc(I)c2)C1)C(=O)OC(C)(C)C. The Labute approximate surface area is 169 Å². The van der Waals surface area contributed by atoms with E-state index in [2.05, 4.69) is 27.9 Å². The van der Waals surface area contributed by atoms with Crippen LogP contribution in [0.1, 0.15) is 33.6 Å². The van der Waals surface area contributed by atoms with Gasteiger partial charge in [-0.3, -0.25) is 0 Å². The van der Waals surface area contributed by atoms with E-state index in [1.165, 1.54) is 0 Å². The summed E-state index contributed by atoms with van der Waals surface area (Å²) < 4.78 is 6.48. The summed E-state index contributed by atoms with van der Waals surface area (Å²) in [4.78, 5) is 28.1. The monoisotopic (exact) mass is 473 g/mol. The second-order valence-corrected chi connectivity index (χ2v) is 9.00. The Bertz CT molecular complexity index is 645. The molecule has 144 valence electrons. The Hall–Kier alpha value is -1.51. The van der Waals surface area contributed by atoms with Gasteiger partial charge in [0.15, 0.2) is 0 Å². The summed E-state index contributed by atoms with van der Waals surface area (Å²) in [5.74, 6) is 0.253. The van der Waals surface area contributed by atoms with Crippen molar-refractivity contribution in [2.45, 2.75) is 39.2 Å². The first kappa shape index (κ1) is 20.8. The van der Waals surface area contributed by atoms with Crippen LogP contribution in [0.5, 0.6) is 0 Å². The molecule has 0 radical (unpaired) electrons. The van der Waals surface area contributed by atoms with Crippen LogP contribution in [-0.2, 0) is 4.74 Å². The van der Waals surface area contributed by atoms with Crippen LogP contribution >= 0.6 is 22.6 Å². The molecule has 1 saturated heterocycles. The van der Waals surface area contributed by atoms with E-state index < -0.39 is 5.60 Å². The number of nitrogens with zero attached hydrogens (tertiary/aromatic N) is 2. The fourth-order valence-corrected chi connectivity index (χ4v) is 3.51. The van der Waals surface area contributed by atoms with Crippen LogP contribution < -0.4 is 5.32 Å². The van der Waals surface area contributed by atoms with Gasteiger partial charge >= 0.3 is 12.1 Å². The fraction of sp³-hybridized carbons (Fsp3) is 0.579. The zero-order valence-corrected chi connectivity index (χ0v) is 18.1. The van der Waals surface area contributed by atoms with Crippen molar-refractivity contribution in [3.8, 4) is 0 Å². The summed E-state index contributed by atoms with van der Waals surface area (Å²) in [5.41, 5.74) is 0.298. The standard InChI is InChI=1S/C19H28IN3O3/c1-19(2,3)26-18(25)22(4)12-14-7-6-10-23(13-14)17(24)21-16-9-5-8-15(20)11-16/h5,8-9,11,14H,6-7,10,12-13H2,1-4H3,(H,21,24). The highest BCUT2D eigenvalue weighted by Crippen LogP contribution is 2.20. The lowest BCUT2D eigenvalue weighted by atomic mass is 9.98. The third-order valence-corrected chi connectivity index (χ3v) is 4.79. The van der Waals surface area contributed by atoms with Crippen molar-refractivity contribution in [2.24, 2.45) is 5.92 Å². The molecule has 0 aromatic heterocycles. The number of piperidine rings is 1. The number of rotatable bonds is 3. The normalized spacial score (nSPS) is 17.6. The number of anilines is 1. The second kappa shape index (κ2) is 8.92. The molecule has 1 atom stereocenters. The van der Waals surface area contributed by atoms with Crippen LogP contribution in [0.2, 0.25) is 0 Å². The molecule has 0 aliphatic carbocycles. The minimum absolute atomic E-state index is 0.0865. The van der Waals surface area contributed by atoms with Gasteiger partial charge in [-0.2, -0.15) is 0 Å². The second-order valence-electron chi connectivity index (χ2n) is 7.76. The number of nitrogens with one attached hydrogen (secondary N) is 1. The first-order chi connectivity index (χ1) is 12.1. The zero-order valence-electron chi connectivity index (χ0n) is 15.9. The highest BCUT2D eigenvalue weighted by atomic mass is 127. The molecule has 0 bridgehead atoms. The predicted molar refractivity (Wildman–Crippen MR) is 111 cm³/mol. The maximum atomic E-state index is 12.5. The molecule has 3 amide bonds. The number of hydrogen-bond acceptors (Lipinski definition) is 3. The first-order valence-electron chi connectivity index (χ1n) is 8.89. The van der Waals surface area contributed by atoms with Gasteiger partial charge in [-0.1, -0.05) is 6.07 Å². The average molecular weight is 473 g/mol. The minimum Gasteiger partial charge on any atom is -0.444 e. The van der Waals surface area contributed by atoms with E-state index >= 15 is 0 Å². The molecule has 7 heteroatoms. The first-order valence-corrected chi connectivity index (χ1v) is 9.97. The van der Waals surface area contributed by atoms with Crippen molar-refractivity contribution in [1.29, 1.82) is 0 Å². The van der Waals surface area contributed by atoms with Gasteiger partial charge in [0.1, 0.15) is 5.60 Å². The molecular weight excluding hydrogens is 445 g/mol. The Kier molecular flexibility index (Phi) is 7.14. The van der Waals surface area contributed by atoms with E-state index in [0.717, 1.165) is 28.6 Å². The Morgan fingerprint density at radius 2 is 2.12 bits per heavy atom. The molecule has 1 N–H and O–H groups in total. The number of carbonyl (C=O) groups excluding carboxylic acids is 2. The molecule has 2 rings (SSSR count). The third kappa shape index (κ3) is 6.66. The summed E-state index contributed by atoms with van der Waals surface area (Å²) in [7, 11) is 1.75. The number of ether oxygens (including phenoxy) is 1. The number of amides is 3. The summed E-state index contributed by atoms with van der Waals surface area (Å²) in [6.07, 6.45) is 1.62. The summed E-state index contributed by atoms with van der Waals surface area (Å²) in [6.45, 7) is 7.54. The maximum Gasteiger partial charge on any atom is 0.410 e. The van der Waals surface area contributed by atoms with Crippen molar-refractivity contribution in [3.05, 3.63) is 27.8 Å². The van der Waals surface area contributed by atoms with Crippen molar-refractivity contribution >= 4 is 40.4 Å². The van der Waals surface area contributed by atoms with E-state index in [9.17, 15) is 9.59 Å². The number of halogens is 1. The molecule has 1 unspecified atom stereocenters. The Balaban J connectivity index is 1.88. The highest BCUT2D eigenvalue weighted by Gasteiger charge is 2.27. The average Bonchev–Trinajstić information content (AvgIpc) is 2.53. The molecule has 0 spiro atoms. The summed E-state index contributed by atoms with van der Waals surface area (Å²) >= 11 is 2.22. The van der Waals surface area contributed by atoms with Gasteiger partial charge in [0.25, 0.3) is 0 Å². The van der Waals surface area contributed by atoms with Gasteiger partial charge in [0.2, 0.25) is 0 Å². The lowest BCUT2D eigenvalue weighted by Gasteiger charge is -2.35. The topological polar surface area (TPSA) is 61.9 Å². The van der Waals surface area contributed by atoms with Gasteiger partial charge in [-0.15, -0.1) is 0 Å². The number of carbonyl (C=O) groups is 2. The van der Waals surface area contributed by atoms with Crippen molar-refractivity contribution in [3.63, 3.8) is 0 Å².